The van der Waals surface area contributed by atoms with Crippen molar-refractivity contribution in [1.29, 1.82) is 0 Å². The number of hydrogen-bond acceptors (Lipinski definition) is 10. The van der Waals surface area contributed by atoms with E-state index in [1.54, 1.807) is 48.4 Å². The second-order valence-electron chi connectivity index (χ2n) is 11.0. The summed E-state index contributed by atoms with van der Waals surface area (Å²) in [5, 5.41) is 10.4. The van der Waals surface area contributed by atoms with Gasteiger partial charge in [0, 0.05) is 55.7 Å². The van der Waals surface area contributed by atoms with Gasteiger partial charge in [0.1, 0.15) is 25.0 Å². The lowest BCUT2D eigenvalue weighted by Gasteiger charge is -2.36. The third-order valence-corrected chi connectivity index (χ3v) is 9.07. The van der Waals surface area contributed by atoms with E-state index in [0.29, 0.717) is 16.9 Å². The number of likely N-dealkylation sites (tertiary alicyclic amines) is 1. The van der Waals surface area contributed by atoms with E-state index in [2.05, 4.69) is 0 Å². The summed E-state index contributed by atoms with van der Waals surface area (Å²) >= 11 is 1.08. The third-order valence-electron chi connectivity index (χ3n) is 7.95. The molecular weight excluding hydrogens is 628 g/mol. The van der Waals surface area contributed by atoms with Gasteiger partial charge in [-0.25, -0.2) is 9.59 Å². The number of hydrogen-bond donors (Lipinski definition) is 0. The van der Waals surface area contributed by atoms with Crippen molar-refractivity contribution in [1.82, 2.24) is 14.7 Å². The normalized spacial score (nSPS) is 17.6. The first-order chi connectivity index (χ1) is 22.7. The van der Waals surface area contributed by atoms with Crippen LogP contribution in [0.5, 0.6) is 5.75 Å². The third kappa shape index (κ3) is 8.58. The number of ether oxygens (including phenoxy) is 3. The molecule has 2 atom stereocenters. The summed E-state index contributed by atoms with van der Waals surface area (Å²) in [6.45, 7) is 1.09. The van der Waals surface area contributed by atoms with Crippen molar-refractivity contribution in [3.63, 3.8) is 0 Å². The number of non-ortho nitro benzene ring substituents is 1. The van der Waals surface area contributed by atoms with Gasteiger partial charge in [0.2, 0.25) is 11.0 Å². The van der Waals surface area contributed by atoms with Crippen LogP contribution in [0.3, 0.4) is 0 Å². The summed E-state index contributed by atoms with van der Waals surface area (Å²) in [6.07, 6.45) is -0.961. The predicted molar refractivity (Wildman–Crippen MR) is 172 cm³/mol. The van der Waals surface area contributed by atoms with Crippen LogP contribution in [0.1, 0.15) is 27.9 Å². The topological polar surface area (TPSA) is 149 Å². The van der Waals surface area contributed by atoms with Crippen molar-refractivity contribution in [2.24, 2.45) is 0 Å². The average Bonchev–Trinajstić information content (AvgIpc) is 3.53. The van der Waals surface area contributed by atoms with Crippen LogP contribution in [0.4, 0.5) is 15.3 Å². The van der Waals surface area contributed by atoms with Gasteiger partial charge in [-0.15, -0.1) is 0 Å². The van der Waals surface area contributed by atoms with Gasteiger partial charge in [-0.1, -0.05) is 54.2 Å². The highest BCUT2D eigenvalue weighted by molar-refractivity contribution is 8.14. The number of rotatable bonds is 9. The van der Waals surface area contributed by atoms with E-state index in [0.717, 1.165) is 17.3 Å². The Kier molecular flexibility index (Phi) is 10.9. The molecule has 2 heterocycles. The van der Waals surface area contributed by atoms with Crippen LogP contribution >= 0.6 is 11.8 Å². The van der Waals surface area contributed by atoms with Crippen LogP contribution in [0.15, 0.2) is 78.9 Å². The largest absolute Gasteiger partial charge is 0.497 e. The molecule has 3 aromatic rings. The summed E-state index contributed by atoms with van der Waals surface area (Å²) in [5.74, 6) is 0.408. The van der Waals surface area contributed by atoms with Crippen LogP contribution in [0.2, 0.25) is 0 Å². The second kappa shape index (κ2) is 15.5. The van der Waals surface area contributed by atoms with E-state index in [1.165, 1.54) is 34.1 Å². The van der Waals surface area contributed by atoms with E-state index in [4.69, 9.17) is 14.2 Å². The molecule has 2 saturated heterocycles. The fourth-order valence-corrected chi connectivity index (χ4v) is 6.42. The molecule has 5 rings (SSSR count). The minimum atomic E-state index is -0.867. The van der Waals surface area contributed by atoms with Crippen molar-refractivity contribution >= 4 is 40.7 Å². The molecule has 0 radical (unpaired) electrons. The number of nitro groups is 1. The Morgan fingerprint density at radius 3 is 1.98 bits per heavy atom. The predicted octanol–water partition coefficient (Wildman–Crippen LogP) is 4.74. The van der Waals surface area contributed by atoms with Crippen LogP contribution in [0, 0.1) is 10.1 Å². The molecule has 2 aliphatic rings. The molecule has 47 heavy (non-hydrogen) atoms. The van der Waals surface area contributed by atoms with Crippen molar-refractivity contribution in [2.75, 3.05) is 39.8 Å². The fourth-order valence-electron chi connectivity index (χ4n) is 5.33. The molecule has 3 amide bonds. The number of methoxy groups -OCH3 is 1. The fraction of sp³-hybridized carbons (Fsp3) is 0.333. The van der Waals surface area contributed by atoms with E-state index < -0.39 is 23.2 Å². The van der Waals surface area contributed by atoms with E-state index in [9.17, 15) is 29.3 Å². The molecule has 0 saturated carbocycles. The minimum absolute atomic E-state index is 0.0844. The molecular formula is C33H34N4O9S. The number of benzene rings is 3. The zero-order chi connectivity index (χ0) is 33.3. The summed E-state index contributed by atoms with van der Waals surface area (Å²) in [5.41, 5.74) is 1.80. The summed E-state index contributed by atoms with van der Waals surface area (Å²) in [6, 6.07) is 20.7. The van der Waals surface area contributed by atoms with Crippen molar-refractivity contribution in [3.05, 3.63) is 106 Å². The van der Waals surface area contributed by atoms with Gasteiger partial charge < -0.3 is 24.0 Å². The molecule has 2 aliphatic heterocycles. The summed E-state index contributed by atoms with van der Waals surface area (Å²) < 4.78 is 16.1. The van der Waals surface area contributed by atoms with Crippen LogP contribution in [0.25, 0.3) is 0 Å². The maximum absolute atomic E-state index is 13.8. The molecule has 0 aromatic heterocycles. The molecule has 246 valence electrons. The number of nitro benzene ring substituents is 1. The molecule has 14 heteroatoms. The van der Waals surface area contributed by atoms with E-state index in [1.807, 2.05) is 18.2 Å². The van der Waals surface area contributed by atoms with Gasteiger partial charge in [0.05, 0.1) is 12.0 Å². The highest BCUT2D eigenvalue weighted by Gasteiger charge is 2.44. The van der Waals surface area contributed by atoms with Crippen LogP contribution in [-0.4, -0.2) is 94.0 Å². The van der Waals surface area contributed by atoms with E-state index >= 15 is 0 Å². The Bertz CT molecular complexity index is 1580. The number of carbonyl (C=O) groups is 4. The molecule has 2 fully saturated rings. The molecule has 0 aliphatic carbocycles. The van der Waals surface area contributed by atoms with Gasteiger partial charge in [0.15, 0.2) is 0 Å². The molecule has 0 bridgehead atoms. The van der Waals surface area contributed by atoms with Gasteiger partial charge >= 0.3 is 12.2 Å². The summed E-state index contributed by atoms with van der Waals surface area (Å²) in [7, 11) is 1.57. The van der Waals surface area contributed by atoms with Crippen molar-refractivity contribution in [3.8, 4) is 5.75 Å². The Labute approximate surface area is 275 Å². The summed E-state index contributed by atoms with van der Waals surface area (Å²) in [4.78, 5) is 67.7. The van der Waals surface area contributed by atoms with Gasteiger partial charge in [0.25, 0.3) is 5.69 Å². The quantitative estimate of drug-likeness (QED) is 0.232. The zero-order valence-corrected chi connectivity index (χ0v) is 26.5. The number of thioether (sulfide) groups is 1. The first-order valence-electron chi connectivity index (χ1n) is 15.0. The molecule has 3 aromatic carbocycles. The standard InChI is InChI=1S/C33H34N4O9S/c1-44-27-13-9-24(10-14-27)21-45-32(40)35-17-15-34(16-18-35)30(38)29-19-28(47-31(39)25-5-3-2-4-6-25)20-36(29)33(41)46-22-23-7-11-26(12-8-23)37(42)43/h2-14,28-29H,15-22H2,1H3/t28-,29-/m0/s1. The first-order valence-corrected chi connectivity index (χ1v) is 15.9. The maximum Gasteiger partial charge on any atom is 0.410 e. The van der Waals surface area contributed by atoms with Crippen molar-refractivity contribution < 1.29 is 38.3 Å². The molecule has 13 nitrogen and oxygen atoms in total. The highest BCUT2D eigenvalue weighted by atomic mass is 32.2. The molecule has 0 spiro atoms. The molecule has 0 unspecified atom stereocenters. The number of nitrogens with zero attached hydrogens (tertiary/aromatic N) is 4. The van der Waals surface area contributed by atoms with Gasteiger partial charge in [-0.3, -0.25) is 24.6 Å². The zero-order valence-electron chi connectivity index (χ0n) is 25.7. The monoisotopic (exact) mass is 662 g/mol. The smallest absolute Gasteiger partial charge is 0.410 e. The lowest BCUT2D eigenvalue weighted by atomic mass is 10.1. The Morgan fingerprint density at radius 1 is 0.809 bits per heavy atom. The van der Waals surface area contributed by atoms with Gasteiger partial charge in [-0.05, 0) is 41.8 Å². The first kappa shape index (κ1) is 33.3. The number of carbonyl (C=O) groups excluding carboxylic acids is 4. The average molecular weight is 663 g/mol. The van der Waals surface area contributed by atoms with E-state index in [-0.39, 0.29) is 74.3 Å². The second-order valence-corrected chi connectivity index (χ2v) is 12.3. The Morgan fingerprint density at radius 2 is 1.38 bits per heavy atom. The maximum atomic E-state index is 13.8. The Balaban J connectivity index is 1.19. The minimum Gasteiger partial charge on any atom is -0.497 e. The number of amides is 3. The lowest BCUT2D eigenvalue weighted by molar-refractivity contribution is -0.384. The highest BCUT2D eigenvalue weighted by Crippen LogP contribution is 2.32. The lowest BCUT2D eigenvalue weighted by Crippen LogP contribution is -2.55. The van der Waals surface area contributed by atoms with Crippen LogP contribution < -0.4 is 4.74 Å². The number of piperazine rings is 1. The van der Waals surface area contributed by atoms with Crippen LogP contribution in [-0.2, 0) is 27.5 Å². The van der Waals surface area contributed by atoms with Crippen molar-refractivity contribution in [2.45, 2.75) is 30.9 Å². The SMILES string of the molecule is COc1ccc(COC(=O)N2CCN(C(=O)[C@@H]3C[C@H](SC(=O)c4ccccc4)CN3C(=O)OCc3ccc([N+](=O)[O-])cc3)CC2)cc1. The van der Waals surface area contributed by atoms with Gasteiger partial charge in [-0.2, -0.15) is 0 Å². The molecule has 0 N–H and O–H groups in total. The Hall–Kier alpha value is -5.11.